The van der Waals surface area contributed by atoms with E-state index >= 15 is 0 Å². The third kappa shape index (κ3) is 29.5. The minimum atomic E-state index is -2.07. The van der Waals surface area contributed by atoms with Crippen LogP contribution in [0.2, 0.25) is 121 Å². The van der Waals surface area contributed by atoms with Gasteiger partial charge in [0.2, 0.25) is 0 Å². The van der Waals surface area contributed by atoms with Crippen molar-refractivity contribution in [2.24, 2.45) is 0 Å². The van der Waals surface area contributed by atoms with Crippen LogP contribution in [0.15, 0.2) is 0 Å². The topological polar surface area (TPSA) is 243 Å². The molecule has 0 heterocycles. The van der Waals surface area contributed by atoms with Crippen molar-refractivity contribution in [1.82, 2.24) is 0 Å². The lowest BCUT2D eigenvalue weighted by Crippen LogP contribution is -2.41. The van der Waals surface area contributed by atoms with Gasteiger partial charge in [-0.15, -0.1) is 0 Å². The molecule has 65 heavy (non-hydrogen) atoms. The molecule has 0 aliphatic carbocycles. The summed E-state index contributed by atoms with van der Waals surface area (Å²) < 4.78 is 0. The molecule has 0 aliphatic heterocycles. The summed E-state index contributed by atoms with van der Waals surface area (Å²) in [6.45, 7) is 1.87. The maximum absolute atomic E-state index is 10.0. The molecular formula is C48H108O12Si5. The molecule has 0 rings (SSSR count). The Hall–Kier alpha value is 0.604. The van der Waals surface area contributed by atoms with Crippen LogP contribution in [0.5, 0.6) is 0 Å². The number of hydrogen-bond donors (Lipinski definition) is 12. The molecular weight excluding hydrogens is 909 g/mol. The maximum atomic E-state index is 10.0. The number of hydrogen-bond acceptors (Lipinski definition) is 12. The first-order valence-corrected chi connectivity index (χ1v) is 41.0. The average Bonchev–Trinajstić information content (AvgIpc) is 3.32. The van der Waals surface area contributed by atoms with Crippen LogP contribution in [-0.2, 0) is 0 Å². The molecule has 0 aromatic carbocycles. The molecule has 0 aliphatic rings. The van der Waals surface area contributed by atoms with Crippen LogP contribution in [0, 0.1) is 0 Å². The van der Waals surface area contributed by atoms with Crippen molar-refractivity contribution in [3.63, 3.8) is 0 Å². The summed E-state index contributed by atoms with van der Waals surface area (Å²) in [6, 6.07) is 21.5. The van der Waals surface area contributed by atoms with E-state index in [1.54, 1.807) is 0 Å². The van der Waals surface area contributed by atoms with Crippen molar-refractivity contribution in [1.29, 1.82) is 0 Å². The third-order valence-corrected chi connectivity index (χ3v) is 44.3. The predicted octanol–water partition coefficient (Wildman–Crippen LogP) is 7.38. The molecule has 17 heteroatoms. The second kappa shape index (κ2) is 42.3. The zero-order valence-corrected chi connectivity index (χ0v) is 46.8. The van der Waals surface area contributed by atoms with Gasteiger partial charge >= 0.3 is 0 Å². The normalized spacial score (nSPS) is 13.1. The van der Waals surface area contributed by atoms with Gasteiger partial charge in [-0.1, -0.05) is 147 Å². The SMILES string of the molecule is OCCC[Si](CCCO)(CCCO)CCC[Si](CCC[Si](CCCO)(CCCO)CCCO)(CCC[Si](CCCO)(CCCO)CCCO)CCC[Si](CCCO)(CCCO)CCCO. The molecule has 0 fully saturated rings. The van der Waals surface area contributed by atoms with Gasteiger partial charge in [-0.2, -0.15) is 0 Å². The largest absolute Gasteiger partial charge is 0.396 e. The lowest BCUT2D eigenvalue weighted by molar-refractivity contribution is 0.287. The molecule has 0 aromatic heterocycles. The van der Waals surface area contributed by atoms with E-state index in [9.17, 15) is 61.3 Å². The summed E-state index contributed by atoms with van der Waals surface area (Å²) >= 11 is 0. The molecule has 0 aromatic rings. The van der Waals surface area contributed by atoms with Crippen molar-refractivity contribution >= 4 is 40.4 Å². The van der Waals surface area contributed by atoms with Gasteiger partial charge in [-0.25, -0.2) is 0 Å². The van der Waals surface area contributed by atoms with Crippen LogP contribution in [0.25, 0.3) is 0 Å². The molecule has 0 atom stereocenters. The fourth-order valence-electron chi connectivity index (χ4n) is 12.6. The number of rotatable bonds is 52. The monoisotopic (exact) mass is 1020 g/mol. The zero-order valence-electron chi connectivity index (χ0n) is 41.8. The Morgan fingerprint density at radius 2 is 0.200 bits per heavy atom. The minimum Gasteiger partial charge on any atom is -0.396 e. The van der Waals surface area contributed by atoms with Crippen LogP contribution in [0.1, 0.15) is 103 Å². The summed E-state index contributed by atoms with van der Waals surface area (Å²) in [4.78, 5) is 0. The first-order chi connectivity index (χ1) is 31.6. The molecule has 0 saturated carbocycles. The number of aliphatic hydroxyl groups is 12. The summed E-state index contributed by atoms with van der Waals surface area (Å²) in [5.41, 5.74) is 0. The molecule has 0 amide bonds. The molecule has 0 bridgehead atoms. The van der Waals surface area contributed by atoms with Crippen molar-refractivity contribution in [3.8, 4) is 0 Å². The Morgan fingerprint density at radius 3 is 0.277 bits per heavy atom. The molecule has 12 N–H and O–H groups in total. The van der Waals surface area contributed by atoms with Gasteiger partial charge in [0.1, 0.15) is 0 Å². The van der Waals surface area contributed by atoms with Crippen LogP contribution < -0.4 is 0 Å². The van der Waals surface area contributed by atoms with Gasteiger partial charge in [0, 0.05) is 79.3 Å². The zero-order chi connectivity index (χ0) is 48.4. The second-order valence-electron chi connectivity index (χ2n) is 20.8. The molecule has 0 unspecified atom stereocenters. The Bertz CT molecular complexity index is 795. The van der Waals surface area contributed by atoms with Crippen LogP contribution in [-0.4, -0.2) is 181 Å². The van der Waals surface area contributed by atoms with Crippen LogP contribution in [0.3, 0.4) is 0 Å². The Balaban J connectivity index is 7.53. The first kappa shape index (κ1) is 65.6. The Kier molecular flexibility index (Phi) is 42.7. The van der Waals surface area contributed by atoms with Crippen molar-refractivity contribution in [2.75, 3.05) is 79.3 Å². The minimum absolute atomic E-state index is 0.156. The van der Waals surface area contributed by atoms with Gasteiger partial charge < -0.3 is 61.3 Å². The van der Waals surface area contributed by atoms with Gasteiger partial charge in [0.15, 0.2) is 0 Å². The Labute approximate surface area is 402 Å². The van der Waals surface area contributed by atoms with Crippen molar-refractivity contribution in [2.45, 2.75) is 224 Å². The fourth-order valence-corrected chi connectivity index (χ4v) is 39.8. The van der Waals surface area contributed by atoms with E-state index < -0.39 is 40.4 Å². The average molecular weight is 1020 g/mol. The standard InChI is InChI=1S/C48H108O12Si5/c49-17-1-29-61(30-2-18-50,31-3-19-51)41-13-45-65(46-14-42-62(32-4-20-52,33-5-21-53)34-6-22-54,47-15-43-63(35-7-23-55,36-8-24-56)37-9-25-57)48-16-44-64(38-10-26-58,39-11-27-59)40-12-28-60/h49-60H,1-48H2. The van der Waals surface area contributed by atoms with E-state index in [1.165, 1.54) is 24.2 Å². The van der Waals surface area contributed by atoms with Crippen molar-refractivity contribution in [3.05, 3.63) is 0 Å². The molecule has 392 valence electrons. The summed E-state index contributed by atoms with van der Waals surface area (Å²) in [7, 11) is -9.78. The number of aliphatic hydroxyl groups excluding tert-OH is 12. The van der Waals surface area contributed by atoms with E-state index in [2.05, 4.69) is 0 Å². The van der Waals surface area contributed by atoms with E-state index in [1.807, 2.05) is 0 Å². The second-order valence-corrected chi connectivity index (χ2v) is 45.8. The van der Waals surface area contributed by atoms with Gasteiger partial charge in [0.05, 0.1) is 40.4 Å². The highest BCUT2D eigenvalue weighted by Gasteiger charge is 2.40. The first-order valence-electron chi connectivity index (χ1n) is 26.9. The highest BCUT2D eigenvalue weighted by molar-refractivity contribution is 6.83. The van der Waals surface area contributed by atoms with Gasteiger partial charge in [-0.3, -0.25) is 0 Å². The lowest BCUT2D eigenvalue weighted by atomic mass is 10.5. The van der Waals surface area contributed by atoms with Gasteiger partial charge in [-0.05, 0) is 77.0 Å². The van der Waals surface area contributed by atoms with E-state index in [-0.39, 0.29) is 79.3 Å². The molecule has 0 radical (unpaired) electrons. The maximum Gasteiger partial charge on any atom is 0.0538 e. The van der Waals surface area contributed by atoms with E-state index in [4.69, 9.17) is 0 Å². The molecule has 12 nitrogen and oxygen atoms in total. The summed E-state index contributed by atoms with van der Waals surface area (Å²) in [5.74, 6) is 0. The molecule has 0 saturated heterocycles. The smallest absolute Gasteiger partial charge is 0.0538 e. The van der Waals surface area contributed by atoms with Gasteiger partial charge in [0.25, 0.3) is 0 Å². The highest BCUT2D eigenvalue weighted by Crippen LogP contribution is 2.43. The third-order valence-electron chi connectivity index (χ3n) is 16.0. The van der Waals surface area contributed by atoms with Crippen LogP contribution >= 0.6 is 0 Å². The van der Waals surface area contributed by atoms with Crippen LogP contribution in [0.4, 0.5) is 0 Å². The fraction of sp³-hybridized carbons (Fsp3) is 1.00. The molecule has 0 spiro atoms. The van der Waals surface area contributed by atoms with Crippen molar-refractivity contribution < 1.29 is 61.3 Å². The highest BCUT2D eigenvalue weighted by atomic mass is 28.3. The predicted molar refractivity (Wildman–Crippen MR) is 284 cm³/mol. The quantitative estimate of drug-likeness (QED) is 0.0267. The Morgan fingerprint density at radius 1 is 0.123 bits per heavy atom. The van der Waals surface area contributed by atoms with E-state index in [0.29, 0.717) is 0 Å². The lowest BCUT2D eigenvalue weighted by Gasteiger charge is -2.40. The summed E-state index contributed by atoms with van der Waals surface area (Å²) in [5, 5.41) is 120. The summed E-state index contributed by atoms with van der Waals surface area (Å²) in [6.07, 6.45) is 13.6. The van der Waals surface area contributed by atoms with E-state index in [0.717, 1.165) is 199 Å².